The van der Waals surface area contributed by atoms with Crippen molar-refractivity contribution in [3.05, 3.63) is 48.2 Å². The Labute approximate surface area is 141 Å². The van der Waals surface area contributed by atoms with Gasteiger partial charge in [0.2, 0.25) is 15.9 Å². The number of hydrogen-bond donors (Lipinski definition) is 2. The molecule has 0 spiro atoms. The average Bonchev–Trinajstić information content (AvgIpc) is 2.54. The zero-order valence-electron chi connectivity index (χ0n) is 13.6. The first kappa shape index (κ1) is 17.9. The molecule has 24 heavy (non-hydrogen) atoms. The number of carbonyl (C=O) groups is 1. The number of amides is 1. The van der Waals surface area contributed by atoms with E-state index in [2.05, 4.69) is 15.0 Å². The van der Waals surface area contributed by atoms with Crippen molar-refractivity contribution in [1.29, 1.82) is 0 Å². The van der Waals surface area contributed by atoms with Gasteiger partial charge < -0.3 is 10.1 Å². The van der Waals surface area contributed by atoms with Crippen molar-refractivity contribution >= 4 is 21.7 Å². The summed E-state index contributed by atoms with van der Waals surface area (Å²) in [5, 5.41) is 2.58. The normalized spacial score (nSPS) is 12.5. The number of carbonyl (C=O) groups excluding carboxylic acids is 1. The van der Waals surface area contributed by atoms with Gasteiger partial charge in [-0.1, -0.05) is 0 Å². The number of benzene rings is 1. The number of pyridine rings is 1. The van der Waals surface area contributed by atoms with Crippen LogP contribution in [0.2, 0.25) is 0 Å². The van der Waals surface area contributed by atoms with Gasteiger partial charge in [0.25, 0.3) is 0 Å². The van der Waals surface area contributed by atoms with Gasteiger partial charge in [-0.2, -0.15) is 4.72 Å². The Kier molecular flexibility index (Phi) is 5.53. The van der Waals surface area contributed by atoms with Gasteiger partial charge in [0.05, 0.1) is 18.0 Å². The van der Waals surface area contributed by atoms with Crippen LogP contribution >= 0.6 is 0 Å². The maximum atomic E-state index is 12.3. The Morgan fingerprint density at radius 3 is 2.46 bits per heavy atom. The van der Waals surface area contributed by atoms with Gasteiger partial charge in [0.1, 0.15) is 11.6 Å². The lowest BCUT2D eigenvalue weighted by Crippen LogP contribution is -2.41. The average molecular weight is 349 g/mol. The number of nitrogens with zero attached hydrogens (tertiary/aromatic N) is 1. The minimum atomic E-state index is -3.82. The molecule has 1 unspecified atom stereocenters. The first-order valence-corrected chi connectivity index (χ1v) is 8.70. The van der Waals surface area contributed by atoms with E-state index in [9.17, 15) is 13.2 Å². The van der Waals surface area contributed by atoms with Gasteiger partial charge >= 0.3 is 0 Å². The van der Waals surface area contributed by atoms with Gasteiger partial charge in [-0.25, -0.2) is 13.4 Å². The first-order valence-electron chi connectivity index (χ1n) is 7.22. The molecule has 1 heterocycles. The van der Waals surface area contributed by atoms with Crippen LogP contribution in [0.25, 0.3) is 0 Å². The van der Waals surface area contributed by atoms with Gasteiger partial charge in [-0.05, 0) is 55.8 Å². The summed E-state index contributed by atoms with van der Waals surface area (Å²) in [4.78, 5) is 16.2. The van der Waals surface area contributed by atoms with Crippen LogP contribution in [0.4, 0.5) is 5.82 Å². The Balaban J connectivity index is 2.06. The quantitative estimate of drug-likeness (QED) is 0.827. The molecule has 7 nitrogen and oxygen atoms in total. The van der Waals surface area contributed by atoms with E-state index in [0.29, 0.717) is 11.6 Å². The minimum Gasteiger partial charge on any atom is -0.497 e. The van der Waals surface area contributed by atoms with Crippen LogP contribution in [0.3, 0.4) is 0 Å². The molecule has 0 bridgehead atoms. The molecular formula is C16H19N3O4S. The molecule has 0 saturated carbocycles. The predicted octanol–water partition coefficient (Wildman–Crippen LogP) is 1.70. The number of methoxy groups -OCH3 is 1. The molecule has 0 aliphatic carbocycles. The highest BCUT2D eigenvalue weighted by Gasteiger charge is 2.22. The highest BCUT2D eigenvalue weighted by Crippen LogP contribution is 2.15. The van der Waals surface area contributed by atoms with Crippen molar-refractivity contribution in [2.75, 3.05) is 12.4 Å². The van der Waals surface area contributed by atoms with Crippen LogP contribution < -0.4 is 14.8 Å². The summed E-state index contributed by atoms with van der Waals surface area (Å²) < 4.78 is 31.9. The molecule has 1 atom stereocenters. The molecule has 0 aliphatic heterocycles. The number of aromatic nitrogens is 1. The Morgan fingerprint density at radius 1 is 1.21 bits per heavy atom. The zero-order chi connectivity index (χ0) is 17.7. The molecule has 0 radical (unpaired) electrons. The lowest BCUT2D eigenvalue weighted by molar-refractivity contribution is -0.117. The predicted molar refractivity (Wildman–Crippen MR) is 90.4 cm³/mol. The van der Waals surface area contributed by atoms with E-state index in [1.54, 1.807) is 18.3 Å². The molecule has 2 aromatic rings. The topological polar surface area (TPSA) is 97.4 Å². The van der Waals surface area contributed by atoms with Crippen LogP contribution in [0.15, 0.2) is 47.5 Å². The van der Waals surface area contributed by atoms with E-state index in [4.69, 9.17) is 4.74 Å². The summed E-state index contributed by atoms with van der Waals surface area (Å²) in [5.41, 5.74) is 0.937. The van der Waals surface area contributed by atoms with Crippen LogP contribution in [-0.4, -0.2) is 32.5 Å². The third kappa shape index (κ3) is 4.53. The van der Waals surface area contributed by atoms with Gasteiger partial charge in [-0.3, -0.25) is 4.79 Å². The zero-order valence-corrected chi connectivity index (χ0v) is 14.4. The standard InChI is InChI=1S/C16H19N3O4S/c1-11-8-9-17-15(10-11)18-16(20)12(2)19-24(21,22)14-6-4-13(23-3)5-7-14/h4-10,12,19H,1-3H3,(H,17,18,20). The summed E-state index contributed by atoms with van der Waals surface area (Å²) in [5.74, 6) is 0.422. The highest BCUT2D eigenvalue weighted by atomic mass is 32.2. The number of aryl methyl sites for hydroxylation is 1. The fraction of sp³-hybridized carbons (Fsp3) is 0.250. The monoisotopic (exact) mass is 349 g/mol. The first-order chi connectivity index (χ1) is 11.3. The SMILES string of the molecule is COc1ccc(S(=O)(=O)NC(C)C(=O)Nc2cc(C)ccn2)cc1. The fourth-order valence-electron chi connectivity index (χ4n) is 1.95. The molecule has 2 N–H and O–H groups in total. The molecule has 0 aliphatic rings. The molecule has 0 saturated heterocycles. The maximum absolute atomic E-state index is 12.3. The van der Waals surface area contributed by atoms with E-state index in [1.165, 1.54) is 38.3 Å². The van der Waals surface area contributed by atoms with E-state index in [1.807, 2.05) is 6.92 Å². The molecule has 1 aromatic carbocycles. The number of hydrogen-bond acceptors (Lipinski definition) is 5. The Bertz CT molecular complexity index is 819. The van der Waals surface area contributed by atoms with E-state index < -0.39 is 22.0 Å². The second kappa shape index (κ2) is 7.41. The fourth-order valence-corrected chi connectivity index (χ4v) is 3.15. The second-order valence-electron chi connectivity index (χ2n) is 5.23. The number of sulfonamides is 1. The smallest absolute Gasteiger partial charge is 0.243 e. The van der Waals surface area contributed by atoms with E-state index in [-0.39, 0.29) is 4.90 Å². The Hall–Kier alpha value is -2.45. The van der Waals surface area contributed by atoms with Crippen LogP contribution in [0.1, 0.15) is 12.5 Å². The van der Waals surface area contributed by atoms with Crippen molar-refractivity contribution in [2.45, 2.75) is 24.8 Å². The highest BCUT2D eigenvalue weighted by molar-refractivity contribution is 7.89. The number of rotatable bonds is 6. The third-order valence-corrected chi connectivity index (χ3v) is 4.82. The van der Waals surface area contributed by atoms with Crippen molar-refractivity contribution in [3.63, 3.8) is 0 Å². The maximum Gasteiger partial charge on any atom is 0.243 e. The molecule has 1 aromatic heterocycles. The van der Waals surface area contributed by atoms with Gasteiger partial charge in [-0.15, -0.1) is 0 Å². The third-order valence-electron chi connectivity index (χ3n) is 3.26. The lowest BCUT2D eigenvalue weighted by Gasteiger charge is -2.14. The number of ether oxygens (including phenoxy) is 1. The van der Waals surface area contributed by atoms with Crippen molar-refractivity contribution in [2.24, 2.45) is 0 Å². The van der Waals surface area contributed by atoms with E-state index in [0.717, 1.165) is 5.56 Å². The number of nitrogens with one attached hydrogen (secondary N) is 2. The Morgan fingerprint density at radius 2 is 1.88 bits per heavy atom. The largest absolute Gasteiger partial charge is 0.497 e. The molecular weight excluding hydrogens is 330 g/mol. The van der Waals surface area contributed by atoms with Crippen molar-refractivity contribution < 1.29 is 17.9 Å². The summed E-state index contributed by atoms with van der Waals surface area (Å²) in [7, 11) is -2.32. The molecule has 2 rings (SSSR count). The summed E-state index contributed by atoms with van der Waals surface area (Å²) in [6, 6.07) is 8.43. The number of anilines is 1. The second-order valence-corrected chi connectivity index (χ2v) is 6.94. The van der Waals surface area contributed by atoms with Crippen LogP contribution in [0.5, 0.6) is 5.75 Å². The molecule has 128 valence electrons. The summed E-state index contributed by atoms with van der Waals surface area (Å²) in [6.45, 7) is 3.33. The molecule has 8 heteroatoms. The summed E-state index contributed by atoms with van der Waals surface area (Å²) >= 11 is 0. The molecule has 1 amide bonds. The van der Waals surface area contributed by atoms with Crippen molar-refractivity contribution in [1.82, 2.24) is 9.71 Å². The van der Waals surface area contributed by atoms with E-state index >= 15 is 0 Å². The molecule has 0 fully saturated rings. The van der Waals surface area contributed by atoms with Crippen LogP contribution in [-0.2, 0) is 14.8 Å². The lowest BCUT2D eigenvalue weighted by atomic mass is 10.3. The van der Waals surface area contributed by atoms with Crippen molar-refractivity contribution in [3.8, 4) is 5.75 Å². The van der Waals surface area contributed by atoms with Crippen LogP contribution in [0, 0.1) is 6.92 Å². The van der Waals surface area contributed by atoms with Gasteiger partial charge in [0.15, 0.2) is 0 Å². The summed E-state index contributed by atoms with van der Waals surface area (Å²) in [6.07, 6.45) is 1.57. The van der Waals surface area contributed by atoms with Gasteiger partial charge in [0, 0.05) is 6.20 Å². The minimum absolute atomic E-state index is 0.0524.